The molecule has 0 aliphatic carbocycles. The third-order valence-electron chi connectivity index (χ3n) is 4.18. The van der Waals surface area contributed by atoms with Crippen molar-refractivity contribution in [2.75, 3.05) is 29.0 Å². The van der Waals surface area contributed by atoms with Gasteiger partial charge in [0, 0.05) is 26.2 Å². The van der Waals surface area contributed by atoms with E-state index < -0.39 is 10.0 Å². The predicted octanol–water partition coefficient (Wildman–Crippen LogP) is 1.84. The van der Waals surface area contributed by atoms with Crippen LogP contribution in [0, 0.1) is 13.8 Å². The molecular formula is C17H21N5O3S. The highest BCUT2D eigenvalue weighted by Gasteiger charge is 2.22. The predicted molar refractivity (Wildman–Crippen MR) is 100 cm³/mol. The average Bonchev–Trinajstić information content (AvgIpc) is 2.57. The van der Waals surface area contributed by atoms with Gasteiger partial charge in [0.25, 0.3) is 10.0 Å². The Balaban J connectivity index is 1.94. The monoisotopic (exact) mass is 375 g/mol. The molecule has 0 unspecified atom stereocenters. The summed E-state index contributed by atoms with van der Waals surface area (Å²) in [7, 11) is -0.148. The zero-order valence-electron chi connectivity index (χ0n) is 15.1. The highest BCUT2D eigenvalue weighted by Crippen LogP contribution is 2.28. The molecule has 0 fully saturated rings. The topological polar surface area (TPSA) is 104 Å². The van der Waals surface area contributed by atoms with Crippen molar-refractivity contribution in [1.82, 2.24) is 9.97 Å². The van der Waals surface area contributed by atoms with E-state index in [1.807, 2.05) is 14.1 Å². The molecule has 9 heteroatoms. The molecule has 0 saturated heterocycles. The first-order chi connectivity index (χ1) is 12.2. The molecule has 8 nitrogen and oxygen atoms in total. The van der Waals surface area contributed by atoms with Gasteiger partial charge >= 0.3 is 0 Å². The molecule has 0 spiro atoms. The Morgan fingerprint density at radius 3 is 2.38 bits per heavy atom. The maximum Gasteiger partial charge on any atom is 0.262 e. The Morgan fingerprint density at radius 1 is 1.12 bits per heavy atom. The Kier molecular flexibility index (Phi) is 4.57. The summed E-state index contributed by atoms with van der Waals surface area (Å²) < 4.78 is 28.2. The number of nitrogens with zero attached hydrogens (tertiary/aromatic N) is 3. The van der Waals surface area contributed by atoms with E-state index in [1.165, 1.54) is 6.07 Å². The summed E-state index contributed by atoms with van der Waals surface area (Å²) in [6, 6.07) is 4.69. The van der Waals surface area contributed by atoms with Crippen molar-refractivity contribution >= 4 is 33.3 Å². The Hall–Kier alpha value is -2.68. The lowest BCUT2D eigenvalue weighted by molar-refractivity contribution is -0.116. The maximum absolute atomic E-state index is 12.8. The normalized spacial score (nSPS) is 13.8. The fourth-order valence-corrected chi connectivity index (χ4v) is 3.99. The fourth-order valence-electron chi connectivity index (χ4n) is 2.77. The molecule has 138 valence electrons. The number of hydrogen-bond acceptors (Lipinski definition) is 6. The summed E-state index contributed by atoms with van der Waals surface area (Å²) in [5.41, 5.74) is 2.94. The fraction of sp³-hybridized carbons (Fsp3) is 0.353. The molecule has 1 aliphatic heterocycles. The van der Waals surface area contributed by atoms with Crippen LogP contribution >= 0.6 is 0 Å². The van der Waals surface area contributed by atoms with E-state index in [0.717, 1.165) is 5.56 Å². The van der Waals surface area contributed by atoms with Gasteiger partial charge in [0.1, 0.15) is 0 Å². The molecule has 1 aliphatic rings. The van der Waals surface area contributed by atoms with Crippen molar-refractivity contribution in [3.05, 3.63) is 35.2 Å². The molecule has 3 rings (SSSR count). The lowest BCUT2D eigenvalue weighted by atomic mass is 10.0. The number of aryl methyl sites for hydroxylation is 3. The van der Waals surface area contributed by atoms with Crippen molar-refractivity contribution in [3.63, 3.8) is 0 Å². The molecular weight excluding hydrogens is 354 g/mol. The third-order valence-corrected chi connectivity index (χ3v) is 5.53. The standard InChI is InChI=1S/C17H21N5O3S/c1-10-16(11(2)19-17(18-10)22(3)4)21-26(24,25)13-6-7-14-12(9-13)5-8-15(23)20-14/h6-7,9,21H,5,8H2,1-4H3,(H,20,23). The first-order valence-corrected chi connectivity index (χ1v) is 9.64. The van der Waals surface area contributed by atoms with Crippen LogP contribution in [0.5, 0.6) is 0 Å². The van der Waals surface area contributed by atoms with Gasteiger partial charge in [-0.15, -0.1) is 0 Å². The highest BCUT2D eigenvalue weighted by molar-refractivity contribution is 7.92. The average molecular weight is 375 g/mol. The minimum absolute atomic E-state index is 0.0596. The van der Waals surface area contributed by atoms with E-state index in [9.17, 15) is 13.2 Å². The van der Waals surface area contributed by atoms with Gasteiger partial charge in [-0.3, -0.25) is 9.52 Å². The van der Waals surface area contributed by atoms with Gasteiger partial charge in [0.05, 0.1) is 22.0 Å². The number of benzene rings is 1. The van der Waals surface area contributed by atoms with Crippen LogP contribution in [0.3, 0.4) is 0 Å². The molecule has 0 atom stereocenters. The van der Waals surface area contributed by atoms with Gasteiger partial charge in [-0.1, -0.05) is 0 Å². The molecule has 2 aromatic rings. The Morgan fingerprint density at radius 2 is 1.77 bits per heavy atom. The van der Waals surface area contributed by atoms with Crippen LogP contribution in [0.2, 0.25) is 0 Å². The Bertz CT molecular complexity index is 963. The first kappa shape index (κ1) is 18.1. The van der Waals surface area contributed by atoms with Crippen molar-refractivity contribution in [2.24, 2.45) is 0 Å². The SMILES string of the molecule is Cc1nc(N(C)C)nc(C)c1NS(=O)(=O)c1ccc2c(c1)CCC(=O)N2. The van der Waals surface area contributed by atoms with E-state index in [2.05, 4.69) is 20.0 Å². The zero-order valence-corrected chi connectivity index (χ0v) is 15.9. The van der Waals surface area contributed by atoms with Crippen LogP contribution in [0.15, 0.2) is 23.1 Å². The molecule has 2 heterocycles. The first-order valence-electron chi connectivity index (χ1n) is 8.15. The van der Waals surface area contributed by atoms with Crippen LogP contribution in [-0.4, -0.2) is 38.4 Å². The second kappa shape index (κ2) is 6.56. The second-order valence-corrected chi connectivity index (χ2v) is 8.12. The van der Waals surface area contributed by atoms with Gasteiger partial charge in [0.15, 0.2) is 0 Å². The molecule has 0 bridgehead atoms. The van der Waals surface area contributed by atoms with Gasteiger partial charge < -0.3 is 10.2 Å². The van der Waals surface area contributed by atoms with Crippen molar-refractivity contribution in [2.45, 2.75) is 31.6 Å². The second-order valence-electron chi connectivity index (χ2n) is 6.44. The van der Waals surface area contributed by atoms with Crippen molar-refractivity contribution in [3.8, 4) is 0 Å². The number of rotatable bonds is 4. The van der Waals surface area contributed by atoms with E-state index in [0.29, 0.717) is 41.6 Å². The summed E-state index contributed by atoms with van der Waals surface area (Å²) in [4.78, 5) is 22.0. The molecule has 26 heavy (non-hydrogen) atoms. The summed E-state index contributed by atoms with van der Waals surface area (Å²) in [6.45, 7) is 3.48. The van der Waals surface area contributed by atoms with E-state index in [1.54, 1.807) is 30.9 Å². The number of amides is 1. The largest absolute Gasteiger partial charge is 0.347 e. The summed E-state index contributed by atoms with van der Waals surface area (Å²) >= 11 is 0. The van der Waals surface area contributed by atoms with Crippen molar-refractivity contribution < 1.29 is 13.2 Å². The van der Waals surface area contributed by atoms with Crippen LogP contribution in [-0.2, 0) is 21.2 Å². The van der Waals surface area contributed by atoms with E-state index >= 15 is 0 Å². The van der Waals surface area contributed by atoms with Crippen LogP contribution in [0.25, 0.3) is 0 Å². The highest BCUT2D eigenvalue weighted by atomic mass is 32.2. The lowest BCUT2D eigenvalue weighted by Gasteiger charge is -2.19. The summed E-state index contributed by atoms with van der Waals surface area (Å²) in [5, 5.41) is 2.74. The lowest BCUT2D eigenvalue weighted by Crippen LogP contribution is -2.21. The molecule has 0 saturated carbocycles. The molecule has 1 amide bonds. The molecule has 1 aromatic heterocycles. The number of anilines is 3. The number of fused-ring (bicyclic) bond motifs is 1. The van der Waals surface area contributed by atoms with Crippen molar-refractivity contribution in [1.29, 1.82) is 0 Å². The van der Waals surface area contributed by atoms with Gasteiger partial charge in [-0.2, -0.15) is 0 Å². The number of carbonyl (C=O) groups excluding carboxylic acids is 1. The third kappa shape index (κ3) is 3.48. The Labute approximate surface area is 152 Å². The molecule has 2 N–H and O–H groups in total. The molecule has 0 radical (unpaired) electrons. The number of nitrogens with one attached hydrogen (secondary N) is 2. The quantitative estimate of drug-likeness (QED) is 0.845. The van der Waals surface area contributed by atoms with Gasteiger partial charge in [0.2, 0.25) is 11.9 Å². The molecule has 1 aromatic carbocycles. The summed E-state index contributed by atoms with van der Waals surface area (Å²) in [5.74, 6) is 0.461. The van der Waals surface area contributed by atoms with Gasteiger partial charge in [-0.05, 0) is 44.0 Å². The minimum Gasteiger partial charge on any atom is -0.347 e. The number of hydrogen-bond donors (Lipinski definition) is 2. The number of sulfonamides is 1. The smallest absolute Gasteiger partial charge is 0.262 e. The number of carbonyl (C=O) groups is 1. The maximum atomic E-state index is 12.8. The van der Waals surface area contributed by atoms with E-state index in [4.69, 9.17) is 0 Å². The zero-order chi connectivity index (χ0) is 19.1. The van der Waals surface area contributed by atoms with Crippen LogP contribution in [0.1, 0.15) is 23.4 Å². The van der Waals surface area contributed by atoms with Crippen LogP contribution < -0.4 is 14.9 Å². The van der Waals surface area contributed by atoms with Gasteiger partial charge in [-0.25, -0.2) is 18.4 Å². The summed E-state index contributed by atoms with van der Waals surface area (Å²) in [6.07, 6.45) is 0.866. The van der Waals surface area contributed by atoms with Crippen LogP contribution in [0.4, 0.5) is 17.3 Å². The van der Waals surface area contributed by atoms with E-state index in [-0.39, 0.29) is 10.8 Å². The minimum atomic E-state index is -3.79. The number of aromatic nitrogens is 2.